The minimum absolute atomic E-state index is 0.109. The van der Waals surface area contributed by atoms with Gasteiger partial charge < -0.3 is 29.0 Å². The van der Waals surface area contributed by atoms with Gasteiger partial charge in [0.15, 0.2) is 28.8 Å². The SMILES string of the molecule is COc1cc(/C=C/c2cc(OC)c(OC)c(OC)c2)cc(N/C=C\C(=O)c2ccccc2)c1OC. The molecule has 0 aliphatic heterocycles. The summed E-state index contributed by atoms with van der Waals surface area (Å²) in [4.78, 5) is 12.4. The van der Waals surface area contributed by atoms with Crippen LogP contribution >= 0.6 is 0 Å². The number of hydrogen-bond donors (Lipinski definition) is 1. The van der Waals surface area contributed by atoms with Crippen LogP contribution in [0.2, 0.25) is 0 Å². The smallest absolute Gasteiger partial charge is 0.203 e. The van der Waals surface area contributed by atoms with E-state index in [-0.39, 0.29) is 5.78 Å². The number of benzene rings is 3. The summed E-state index contributed by atoms with van der Waals surface area (Å²) in [6.07, 6.45) is 6.90. The average Bonchev–Trinajstić information content (AvgIpc) is 2.91. The Hall–Kier alpha value is -4.39. The predicted octanol–water partition coefficient (Wildman–Crippen LogP) is 5.71. The first-order valence-corrected chi connectivity index (χ1v) is 10.8. The lowest BCUT2D eigenvalue weighted by Crippen LogP contribution is -1.99. The number of ether oxygens (including phenoxy) is 5. The fraction of sp³-hybridized carbons (Fsp3) is 0.179. The number of anilines is 1. The van der Waals surface area contributed by atoms with Crippen LogP contribution in [0, 0.1) is 0 Å². The summed E-state index contributed by atoms with van der Waals surface area (Å²) < 4.78 is 27.3. The second kappa shape index (κ2) is 12.2. The molecule has 0 saturated carbocycles. The first-order valence-electron chi connectivity index (χ1n) is 10.8. The third-order valence-corrected chi connectivity index (χ3v) is 5.19. The lowest BCUT2D eigenvalue weighted by Gasteiger charge is -2.14. The lowest BCUT2D eigenvalue weighted by molar-refractivity contribution is 0.104. The van der Waals surface area contributed by atoms with Crippen LogP contribution in [0.15, 0.2) is 66.9 Å². The molecule has 7 nitrogen and oxygen atoms in total. The van der Waals surface area contributed by atoms with Gasteiger partial charge in [0.05, 0.1) is 41.2 Å². The summed E-state index contributed by atoms with van der Waals surface area (Å²) in [7, 11) is 7.85. The Morgan fingerprint density at radius 3 is 1.71 bits per heavy atom. The Morgan fingerprint density at radius 2 is 1.20 bits per heavy atom. The Bertz CT molecular complexity index is 1190. The van der Waals surface area contributed by atoms with Crippen LogP contribution in [-0.4, -0.2) is 41.3 Å². The molecule has 0 bridgehead atoms. The van der Waals surface area contributed by atoms with Gasteiger partial charge in [0, 0.05) is 17.8 Å². The standard InChI is InChI=1S/C28H29NO6/c1-31-24-16-19(11-12-20-17-25(32-2)28(35-5)26(18-20)33-3)15-22(27(24)34-4)29-14-13-23(30)21-9-7-6-8-10-21/h6-18,29H,1-5H3/b12-11+,14-13-. The molecule has 3 aromatic carbocycles. The van der Waals surface area contributed by atoms with E-state index in [1.54, 1.807) is 53.9 Å². The monoisotopic (exact) mass is 475 g/mol. The van der Waals surface area contributed by atoms with E-state index < -0.39 is 0 Å². The molecule has 3 aromatic rings. The highest BCUT2D eigenvalue weighted by Gasteiger charge is 2.13. The molecular weight excluding hydrogens is 446 g/mol. The summed E-state index contributed by atoms with van der Waals surface area (Å²) in [5.74, 6) is 2.62. The van der Waals surface area contributed by atoms with Crippen molar-refractivity contribution in [3.05, 3.63) is 83.6 Å². The van der Waals surface area contributed by atoms with E-state index in [2.05, 4.69) is 5.32 Å². The minimum Gasteiger partial charge on any atom is -0.493 e. The number of nitrogens with one attached hydrogen (secondary N) is 1. The lowest BCUT2D eigenvalue weighted by atomic mass is 10.1. The summed E-state index contributed by atoms with van der Waals surface area (Å²) in [6, 6.07) is 16.5. The third-order valence-electron chi connectivity index (χ3n) is 5.19. The molecule has 0 aliphatic rings. The van der Waals surface area contributed by atoms with Gasteiger partial charge in [-0.05, 0) is 35.4 Å². The van der Waals surface area contributed by atoms with Gasteiger partial charge in [0.1, 0.15) is 0 Å². The van der Waals surface area contributed by atoms with Gasteiger partial charge in [-0.3, -0.25) is 4.79 Å². The highest BCUT2D eigenvalue weighted by Crippen LogP contribution is 2.40. The van der Waals surface area contributed by atoms with Crippen molar-refractivity contribution >= 4 is 23.6 Å². The van der Waals surface area contributed by atoms with E-state index >= 15 is 0 Å². The number of ketones is 1. The van der Waals surface area contributed by atoms with Gasteiger partial charge in [0.2, 0.25) is 5.75 Å². The van der Waals surface area contributed by atoms with Crippen molar-refractivity contribution in [1.82, 2.24) is 0 Å². The largest absolute Gasteiger partial charge is 0.493 e. The molecule has 35 heavy (non-hydrogen) atoms. The van der Waals surface area contributed by atoms with Crippen LogP contribution < -0.4 is 29.0 Å². The summed E-state index contributed by atoms with van der Waals surface area (Å²) in [5.41, 5.74) is 2.96. The Morgan fingerprint density at radius 1 is 0.686 bits per heavy atom. The van der Waals surface area contributed by atoms with Crippen molar-refractivity contribution in [2.75, 3.05) is 40.9 Å². The second-order valence-corrected chi connectivity index (χ2v) is 7.30. The molecule has 0 radical (unpaired) electrons. The summed E-state index contributed by atoms with van der Waals surface area (Å²) in [5, 5.41) is 3.13. The van der Waals surface area contributed by atoms with Crippen LogP contribution in [0.4, 0.5) is 5.69 Å². The highest BCUT2D eigenvalue weighted by atomic mass is 16.5. The maximum atomic E-state index is 12.4. The molecule has 0 aliphatic carbocycles. The summed E-state index contributed by atoms with van der Waals surface area (Å²) in [6.45, 7) is 0. The zero-order valence-electron chi connectivity index (χ0n) is 20.5. The molecular formula is C28H29NO6. The van der Waals surface area contributed by atoms with Crippen LogP contribution in [-0.2, 0) is 0 Å². The van der Waals surface area contributed by atoms with Gasteiger partial charge in [-0.15, -0.1) is 0 Å². The molecule has 0 aromatic heterocycles. The van der Waals surface area contributed by atoms with E-state index in [9.17, 15) is 4.79 Å². The Balaban J connectivity index is 1.90. The van der Waals surface area contributed by atoms with E-state index in [1.807, 2.05) is 54.6 Å². The molecule has 0 heterocycles. The molecule has 7 heteroatoms. The van der Waals surface area contributed by atoms with Gasteiger partial charge in [-0.2, -0.15) is 0 Å². The Kier molecular flexibility index (Phi) is 8.78. The minimum atomic E-state index is -0.109. The zero-order chi connectivity index (χ0) is 25.2. The van der Waals surface area contributed by atoms with Crippen LogP contribution in [0.5, 0.6) is 28.7 Å². The van der Waals surface area contributed by atoms with Crippen molar-refractivity contribution in [1.29, 1.82) is 0 Å². The first-order chi connectivity index (χ1) is 17.0. The molecule has 3 rings (SSSR count). The van der Waals surface area contributed by atoms with E-state index in [1.165, 1.54) is 6.08 Å². The molecule has 0 amide bonds. The third kappa shape index (κ3) is 6.14. The second-order valence-electron chi connectivity index (χ2n) is 7.30. The number of hydrogen-bond acceptors (Lipinski definition) is 7. The number of rotatable bonds is 11. The van der Waals surface area contributed by atoms with Gasteiger partial charge in [-0.1, -0.05) is 42.5 Å². The molecule has 0 fully saturated rings. The summed E-state index contributed by atoms with van der Waals surface area (Å²) >= 11 is 0. The van der Waals surface area contributed by atoms with Gasteiger partial charge in [0.25, 0.3) is 0 Å². The fourth-order valence-electron chi connectivity index (χ4n) is 3.48. The van der Waals surface area contributed by atoms with E-state index in [4.69, 9.17) is 23.7 Å². The van der Waals surface area contributed by atoms with E-state index in [0.717, 1.165) is 11.1 Å². The van der Waals surface area contributed by atoms with E-state index in [0.29, 0.717) is 40.0 Å². The normalized spacial score (nSPS) is 10.9. The maximum absolute atomic E-state index is 12.4. The Labute approximate surface area is 205 Å². The maximum Gasteiger partial charge on any atom is 0.203 e. The fourth-order valence-corrected chi connectivity index (χ4v) is 3.48. The quantitative estimate of drug-likeness (QED) is 0.216. The van der Waals surface area contributed by atoms with Crippen molar-refractivity contribution < 1.29 is 28.5 Å². The van der Waals surface area contributed by atoms with Crippen molar-refractivity contribution in [3.63, 3.8) is 0 Å². The van der Waals surface area contributed by atoms with Gasteiger partial charge >= 0.3 is 0 Å². The van der Waals surface area contributed by atoms with Crippen molar-refractivity contribution in [2.45, 2.75) is 0 Å². The first kappa shape index (κ1) is 25.2. The average molecular weight is 476 g/mol. The number of carbonyl (C=O) groups excluding carboxylic acids is 1. The zero-order valence-corrected chi connectivity index (χ0v) is 20.5. The van der Waals surface area contributed by atoms with Crippen LogP contribution in [0.25, 0.3) is 12.2 Å². The predicted molar refractivity (Wildman–Crippen MR) is 138 cm³/mol. The number of carbonyl (C=O) groups is 1. The number of methoxy groups -OCH3 is 5. The highest BCUT2D eigenvalue weighted by molar-refractivity contribution is 6.04. The van der Waals surface area contributed by atoms with Crippen molar-refractivity contribution in [3.8, 4) is 28.7 Å². The van der Waals surface area contributed by atoms with Crippen molar-refractivity contribution in [2.24, 2.45) is 0 Å². The molecule has 0 saturated heterocycles. The van der Waals surface area contributed by atoms with Gasteiger partial charge in [-0.25, -0.2) is 0 Å². The molecule has 1 N–H and O–H groups in total. The molecule has 0 unspecified atom stereocenters. The van der Waals surface area contributed by atoms with Crippen LogP contribution in [0.3, 0.4) is 0 Å². The van der Waals surface area contributed by atoms with Crippen LogP contribution in [0.1, 0.15) is 21.5 Å². The molecule has 0 atom stereocenters. The molecule has 182 valence electrons. The molecule has 0 spiro atoms. The topological polar surface area (TPSA) is 75.3 Å². The number of allylic oxidation sites excluding steroid dienone is 1.